The molecule has 1 saturated carbocycles. The Balaban J connectivity index is 2.02. The van der Waals surface area contributed by atoms with Gasteiger partial charge in [-0.1, -0.05) is 12.8 Å². The summed E-state index contributed by atoms with van der Waals surface area (Å²) in [6.07, 6.45) is -0.421. The SMILES string of the molecule is O=CCN(CC(=O)NC1CCCC1)C(=O)c1ccc(C(F)(F)F)[nH]1. The van der Waals surface area contributed by atoms with Crippen LogP contribution in [0.25, 0.3) is 0 Å². The lowest BCUT2D eigenvalue weighted by Gasteiger charge is -2.20. The summed E-state index contributed by atoms with van der Waals surface area (Å²) in [5, 5.41) is 2.76. The highest BCUT2D eigenvalue weighted by Gasteiger charge is 2.33. The molecule has 1 aromatic rings. The monoisotopic (exact) mass is 345 g/mol. The third kappa shape index (κ3) is 4.59. The molecule has 0 radical (unpaired) electrons. The number of hydrogen-bond donors (Lipinski definition) is 2. The molecule has 6 nitrogen and oxygen atoms in total. The van der Waals surface area contributed by atoms with Crippen LogP contribution in [0, 0.1) is 0 Å². The topological polar surface area (TPSA) is 82.3 Å². The Hall–Kier alpha value is -2.32. The molecule has 132 valence electrons. The van der Waals surface area contributed by atoms with Crippen molar-refractivity contribution in [3.8, 4) is 0 Å². The molecule has 1 fully saturated rings. The molecule has 0 aliphatic heterocycles. The third-order valence-electron chi connectivity index (χ3n) is 3.86. The summed E-state index contributed by atoms with van der Waals surface area (Å²) >= 11 is 0. The molecule has 0 spiro atoms. The molecule has 1 aliphatic carbocycles. The molecule has 9 heteroatoms. The lowest BCUT2D eigenvalue weighted by Crippen LogP contribution is -2.44. The maximum atomic E-state index is 12.6. The molecule has 0 unspecified atom stereocenters. The number of alkyl halides is 3. The van der Waals surface area contributed by atoms with Gasteiger partial charge in [0.1, 0.15) is 24.2 Å². The van der Waals surface area contributed by atoms with Crippen molar-refractivity contribution in [1.82, 2.24) is 15.2 Å². The van der Waals surface area contributed by atoms with Gasteiger partial charge in [0.25, 0.3) is 5.91 Å². The van der Waals surface area contributed by atoms with Crippen LogP contribution in [-0.4, -0.2) is 47.1 Å². The predicted molar refractivity (Wildman–Crippen MR) is 78.2 cm³/mol. The highest BCUT2D eigenvalue weighted by Crippen LogP contribution is 2.28. The zero-order chi connectivity index (χ0) is 17.7. The maximum Gasteiger partial charge on any atom is 0.431 e. The average molecular weight is 345 g/mol. The average Bonchev–Trinajstić information content (AvgIpc) is 3.16. The number of hydrogen-bond acceptors (Lipinski definition) is 3. The second kappa shape index (κ2) is 7.50. The van der Waals surface area contributed by atoms with E-state index in [1.54, 1.807) is 0 Å². The smallest absolute Gasteiger partial charge is 0.352 e. The van der Waals surface area contributed by atoms with Gasteiger partial charge in [0.05, 0.1) is 6.54 Å². The van der Waals surface area contributed by atoms with Gasteiger partial charge < -0.3 is 20.0 Å². The van der Waals surface area contributed by atoms with E-state index in [4.69, 9.17) is 0 Å². The molecule has 1 heterocycles. The molecule has 2 N–H and O–H groups in total. The van der Waals surface area contributed by atoms with E-state index >= 15 is 0 Å². The van der Waals surface area contributed by atoms with Crippen molar-refractivity contribution >= 4 is 18.1 Å². The molecule has 0 saturated heterocycles. The highest BCUT2D eigenvalue weighted by atomic mass is 19.4. The van der Waals surface area contributed by atoms with E-state index in [1.807, 2.05) is 4.98 Å². The normalized spacial score (nSPS) is 15.3. The lowest BCUT2D eigenvalue weighted by atomic mass is 10.2. The molecule has 0 aromatic carbocycles. The molecule has 1 aromatic heterocycles. The number of H-pyrrole nitrogens is 1. The fraction of sp³-hybridized carbons (Fsp3) is 0.533. The summed E-state index contributed by atoms with van der Waals surface area (Å²) in [7, 11) is 0. The number of aldehydes is 1. The van der Waals surface area contributed by atoms with Crippen molar-refractivity contribution in [2.75, 3.05) is 13.1 Å². The molecule has 2 rings (SSSR count). The van der Waals surface area contributed by atoms with E-state index in [-0.39, 0.29) is 24.8 Å². The van der Waals surface area contributed by atoms with Gasteiger partial charge >= 0.3 is 6.18 Å². The molecular formula is C15H18F3N3O3. The quantitative estimate of drug-likeness (QED) is 0.771. The van der Waals surface area contributed by atoms with E-state index in [0.29, 0.717) is 6.29 Å². The predicted octanol–water partition coefficient (Wildman–Crippen LogP) is 1.73. The van der Waals surface area contributed by atoms with Crippen LogP contribution < -0.4 is 5.32 Å². The number of aromatic amines is 1. The minimum atomic E-state index is -4.60. The number of rotatable bonds is 6. The fourth-order valence-electron chi connectivity index (χ4n) is 2.68. The minimum absolute atomic E-state index is 0.0491. The van der Waals surface area contributed by atoms with Gasteiger partial charge in [0.15, 0.2) is 0 Å². The second-order valence-electron chi connectivity index (χ2n) is 5.68. The van der Waals surface area contributed by atoms with E-state index < -0.39 is 23.7 Å². The summed E-state index contributed by atoms with van der Waals surface area (Å²) in [5.41, 5.74) is -1.38. The molecular weight excluding hydrogens is 327 g/mol. The number of nitrogens with zero attached hydrogens (tertiary/aromatic N) is 1. The first-order valence-electron chi connectivity index (χ1n) is 7.59. The van der Waals surface area contributed by atoms with E-state index in [0.717, 1.165) is 42.7 Å². The van der Waals surface area contributed by atoms with Gasteiger partial charge in [-0.3, -0.25) is 9.59 Å². The lowest BCUT2D eigenvalue weighted by molar-refractivity contribution is -0.140. The molecule has 1 aliphatic rings. The van der Waals surface area contributed by atoms with E-state index in [1.165, 1.54) is 0 Å². The number of nitrogens with one attached hydrogen (secondary N) is 2. The number of carbonyl (C=O) groups excluding carboxylic acids is 3. The van der Waals surface area contributed by atoms with Crippen LogP contribution in [0.5, 0.6) is 0 Å². The number of aromatic nitrogens is 1. The number of halogens is 3. The van der Waals surface area contributed by atoms with Crippen LogP contribution in [0.2, 0.25) is 0 Å². The molecule has 0 bridgehead atoms. The zero-order valence-corrected chi connectivity index (χ0v) is 12.9. The Morgan fingerprint density at radius 2 is 1.96 bits per heavy atom. The number of amides is 2. The third-order valence-corrected chi connectivity index (χ3v) is 3.86. The Kier molecular flexibility index (Phi) is 5.63. The minimum Gasteiger partial charge on any atom is -0.352 e. The highest BCUT2D eigenvalue weighted by molar-refractivity contribution is 5.96. The zero-order valence-electron chi connectivity index (χ0n) is 12.9. The van der Waals surface area contributed by atoms with E-state index in [9.17, 15) is 27.6 Å². The van der Waals surface area contributed by atoms with Crippen LogP contribution in [0.15, 0.2) is 12.1 Å². The van der Waals surface area contributed by atoms with Gasteiger partial charge in [-0.2, -0.15) is 13.2 Å². The summed E-state index contributed by atoms with van der Waals surface area (Å²) in [4.78, 5) is 37.8. The molecule has 24 heavy (non-hydrogen) atoms. The maximum absolute atomic E-state index is 12.6. The van der Waals surface area contributed by atoms with Crippen LogP contribution in [0.1, 0.15) is 41.9 Å². The van der Waals surface area contributed by atoms with Crippen molar-refractivity contribution < 1.29 is 27.6 Å². The van der Waals surface area contributed by atoms with Crippen molar-refractivity contribution in [3.63, 3.8) is 0 Å². The Morgan fingerprint density at radius 3 is 2.50 bits per heavy atom. The van der Waals surface area contributed by atoms with Gasteiger partial charge in [0, 0.05) is 6.04 Å². The first-order chi connectivity index (χ1) is 11.3. The summed E-state index contributed by atoms with van der Waals surface area (Å²) in [5.74, 6) is -1.26. The van der Waals surface area contributed by atoms with Crippen LogP contribution in [0.4, 0.5) is 13.2 Å². The van der Waals surface area contributed by atoms with Gasteiger partial charge in [0.2, 0.25) is 5.91 Å². The standard InChI is InChI=1S/C15H18F3N3O3/c16-15(17,18)12-6-5-11(20-12)14(24)21(7-8-22)9-13(23)19-10-3-1-2-4-10/h5-6,8,10,20H,1-4,7,9H2,(H,19,23). The van der Waals surface area contributed by atoms with Crippen molar-refractivity contribution in [1.29, 1.82) is 0 Å². The summed E-state index contributed by atoms with van der Waals surface area (Å²) in [6.45, 7) is -0.758. The van der Waals surface area contributed by atoms with Gasteiger partial charge in [-0.05, 0) is 25.0 Å². The molecule has 2 amide bonds. The Morgan fingerprint density at radius 1 is 1.29 bits per heavy atom. The summed E-state index contributed by atoms with van der Waals surface area (Å²) < 4.78 is 37.7. The number of carbonyl (C=O) groups is 3. The second-order valence-corrected chi connectivity index (χ2v) is 5.68. The Labute approximate surface area is 136 Å². The van der Waals surface area contributed by atoms with Crippen molar-refractivity contribution in [2.24, 2.45) is 0 Å². The first-order valence-corrected chi connectivity index (χ1v) is 7.59. The van der Waals surface area contributed by atoms with Gasteiger partial charge in [-0.15, -0.1) is 0 Å². The van der Waals surface area contributed by atoms with Crippen molar-refractivity contribution in [2.45, 2.75) is 37.9 Å². The van der Waals surface area contributed by atoms with E-state index in [2.05, 4.69) is 5.32 Å². The largest absolute Gasteiger partial charge is 0.431 e. The van der Waals surface area contributed by atoms with Crippen LogP contribution >= 0.6 is 0 Å². The first kappa shape index (κ1) is 18.0. The van der Waals surface area contributed by atoms with Gasteiger partial charge in [-0.25, -0.2) is 0 Å². The van der Waals surface area contributed by atoms with Crippen LogP contribution in [0.3, 0.4) is 0 Å². The summed E-state index contributed by atoms with van der Waals surface area (Å²) in [6, 6.07) is 1.77. The van der Waals surface area contributed by atoms with Crippen molar-refractivity contribution in [3.05, 3.63) is 23.5 Å². The fourth-order valence-corrected chi connectivity index (χ4v) is 2.68. The molecule has 0 atom stereocenters. The Bertz CT molecular complexity index is 607. The van der Waals surface area contributed by atoms with Crippen LogP contribution in [-0.2, 0) is 15.8 Å².